The van der Waals surface area contributed by atoms with E-state index in [1.165, 1.54) is 4.90 Å². The highest BCUT2D eigenvalue weighted by Gasteiger charge is 2.39. The Morgan fingerprint density at radius 3 is 2.45 bits per heavy atom. The zero-order valence-corrected chi connectivity index (χ0v) is 12.1. The molecule has 0 fully saturated rings. The van der Waals surface area contributed by atoms with Crippen LogP contribution in [0.3, 0.4) is 0 Å². The Morgan fingerprint density at radius 1 is 1.25 bits per heavy atom. The number of nitrogens with one attached hydrogen (secondary N) is 1. The highest BCUT2D eigenvalue weighted by Crippen LogP contribution is 2.36. The summed E-state index contributed by atoms with van der Waals surface area (Å²) in [6.45, 7) is 4.51. The average Bonchev–Trinajstić information content (AvgIpc) is 2.32. The van der Waals surface area contributed by atoms with Crippen molar-refractivity contribution in [2.75, 3.05) is 37.4 Å². The third-order valence-electron chi connectivity index (χ3n) is 3.33. The molecule has 1 aliphatic rings. The van der Waals surface area contributed by atoms with Crippen molar-refractivity contribution in [1.29, 1.82) is 0 Å². The van der Waals surface area contributed by atoms with Gasteiger partial charge in [0.15, 0.2) is 11.6 Å². The number of rotatable bonds is 3. The zero-order valence-electron chi connectivity index (χ0n) is 12.1. The van der Waals surface area contributed by atoms with E-state index in [1.54, 1.807) is 13.8 Å². The molecule has 1 aromatic carbocycles. The lowest BCUT2D eigenvalue weighted by Gasteiger charge is -2.40. The molecule has 110 valence electrons. The highest BCUT2D eigenvalue weighted by atomic mass is 19.2. The molecule has 0 unspecified atom stereocenters. The normalized spacial score (nSPS) is 17.1. The molecule has 1 amide bonds. The summed E-state index contributed by atoms with van der Waals surface area (Å²) in [5.41, 5.74) is -0.0221. The molecule has 1 aliphatic heterocycles. The van der Waals surface area contributed by atoms with E-state index in [0.29, 0.717) is 24.5 Å². The number of amides is 1. The number of likely N-dealkylation sites (N-methyl/N-ethyl adjacent to an activating group) is 1. The largest absolute Gasteiger partial charge is 0.370 e. The maximum Gasteiger partial charge on any atom is 0.252 e. The molecular weight excluding hydrogens is 264 g/mol. The van der Waals surface area contributed by atoms with Crippen molar-refractivity contribution in [3.05, 3.63) is 23.8 Å². The number of halogens is 2. The van der Waals surface area contributed by atoms with Crippen LogP contribution < -0.4 is 10.2 Å². The van der Waals surface area contributed by atoms with Crippen LogP contribution in [0.5, 0.6) is 0 Å². The van der Waals surface area contributed by atoms with Gasteiger partial charge in [0, 0.05) is 25.2 Å². The first-order valence-electron chi connectivity index (χ1n) is 6.46. The van der Waals surface area contributed by atoms with Gasteiger partial charge in [-0.1, -0.05) is 0 Å². The van der Waals surface area contributed by atoms with Crippen molar-refractivity contribution < 1.29 is 13.6 Å². The average molecular weight is 283 g/mol. The summed E-state index contributed by atoms with van der Waals surface area (Å²) in [6.07, 6.45) is 0. The first-order chi connectivity index (χ1) is 9.22. The van der Waals surface area contributed by atoms with Gasteiger partial charge < -0.3 is 15.1 Å². The van der Waals surface area contributed by atoms with Crippen LogP contribution in [0.4, 0.5) is 20.2 Å². The molecule has 1 aromatic rings. The molecule has 0 spiro atoms. The first-order valence-corrected chi connectivity index (χ1v) is 6.46. The molecule has 20 heavy (non-hydrogen) atoms. The summed E-state index contributed by atoms with van der Waals surface area (Å²) in [5.74, 6) is -2.03. The topological polar surface area (TPSA) is 35.6 Å². The van der Waals surface area contributed by atoms with Crippen LogP contribution in [0.1, 0.15) is 13.8 Å². The summed E-state index contributed by atoms with van der Waals surface area (Å²) in [6, 6.07) is 2.17. The van der Waals surface area contributed by atoms with Gasteiger partial charge in [0.1, 0.15) is 5.54 Å². The fourth-order valence-corrected chi connectivity index (χ4v) is 2.22. The molecule has 0 saturated carbocycles. The molecule has 0 saturated heterocycles. The number of carbonyl (C=O) groups is 1. The lowest BCUT2D eigenvalue weighted by atomic mass is 9.98. The molecular formula is C14H19F2N3O. The van der Waals surface area contributed by atoms with Gasteiger partial charge in [0.05, 0.1) is 11.4 Å². The summed E-state index contributed by atoms with van der Waals surface area (Å²) >= 11 is 0. The Kier molecular flexibility index (Phi) is 3.69. The fourth-order valence-electron chi connectivity index (χ4n) is 2.22. The Labute approximate surface area is 117 Å². The Morgan fingerprint density at radius 2 is 1.85 bits per heavy atom. The minimum atomic E-state index is -0.951. The predicted molar refractivity (Wildman–Crippen MR) is 75.0 cm³/mol. The second kappa shape index (κ2) is 5.01. The summed E-state index contributed by atoms with van der Waals surface area (Å²) in [4.78, 5) is 15.9. The van der Waals surface area contributed by atoms with Crippen molar-refractivity contribution in [3.8, 4) is 0 Å². The van der Waals surface area contributed by atoms with E-state index >= 15 is 0 Å². The number of benzene rings is 1. The summed E-state index contributed by atoms with van der Waals surface area (Å²) in [7, 11) is 3.79. The van der Waals surface area contributed by atoms with Gasteiger partial charge >= 0.3 is 0 Å². The van der Waals surface area contributed by atoms with E-state index in [1.807, 2.05) is 19.0 Å². The standard InChI is InChI=1S/C14H19F2N3O/c1-14(2)13(20)19(6-5-18(3)4)12-8-10(16)9(15)7-11(12)17-14/h7-8,17H,5-6H2,1-4H3. The van der Waals surface area contributed by atoms with Gasteiger partial charge in [0.25, 0.3) is 5.91 Å². The Bertz CT molecular complexity index is 543. The van der Waals surface area contributed by atoms with Crippen molar-refractivity contribution >= 4 is 17.3 Å². The van der Waals surface area contributed by atoms with E-state index in [2.05, 4.69) is 5.32 Å². The molecule has 1 heterocycles. The first kappa shape index (κ1) is 14.7. The number of carbonyl (C=O) groups excluding carboxylic acids is 1. The van der Waals surface area contributed by atoms with Crippen LogP contribution in [0, 0.1) is 11.6 Å². The highest BCUT2D eigenvalue weighted by molar-refractivity contribution is 6.07. The number of nitrogens with zero attached hydrogens (tertiary/aromatic N) is 2. The molecule has 2 rings (SSSR count). The van der Waals surface area contributed by atoms with E-state index in [-0.39, 0.29) is 5.91 Å². The lowest BCUT2D eigenvalue weighted by molar-refractivity contribution is -0.122. The molecule has 4 nitrogen and oxygen atoms in total. The van der Waals surface area contributed by atoms with Gasteiger partial charge in [-0.15, -0.1) is 0 Å². The van der Waals surface area contributed by atoms with Crippen LogP contribution >= 0.6 is 0 Å². The Hall–Kier alpha value is -1.69. The number of fused-ring (bicyclic) bond motifs is 1. The van der Waals surface area contributed by atoms with Crippen molar-refractivity contribution in [3.63, 3.8) is 0 Å². The van der Waals surface area contributed by atoms with Crippen LogP contribution in [0.15, 0.2) is 12.1 Å². The third kappa shape index (κ3) is 2.60. The minimum Gasteiger partial charge on any atom is -0.370 e. The van der Waals surface area contributed by atoms with Gasteiger partial charge in [-0.25, -0.2) is 8.78 Å². The zero-order chi connectivity index (χ0) is 15.1. The second-order valence-corrected chi connectivity index (χ2v) is 5.79. The number of anilines is 2. The van der Waals surface area contributed by atoms with E-state index in [9.17, 15) is 13.6 Å². The molecule has 0 bridgehead atoms. The van der Waals surface area contributed by atoms with Crippen LogP contribution in [0.2, 0.25) is 0 Å². The quantitative estimate of drug-likeness (QED) is 0.922. The summed E-state index contributed by atoms with van der Waals surface area (Å²) in [5, 5.41) is 2.96. The van der Waals surface area contributed by atoms with E-state index < -0.39 is 17.2 Å². The molecule has 0 atom stereocenters. The van der Waals surface area contributed by atoms with Crippen molar-refractivity contribution in [2.45, 2.75) is 19.4 Å². The molecule has 0 aromatic heterocycles. The molecule has 6 heteroatoms. The minimum absolute atomic E-state index is 0.155. The van der Waals surface area contributed by atoms with Crippen molar-refractivity contribution in [2.24, 2.45) is 0 Å². The SMILES string of the molecule is CN(C)CCN1C(=O)C(C)(C)Nc2cc(F)c(F)cc21. The molecule has 0 aliphatic carbocycles. The van der Waals surface area contributed by atoms with Crippen LogP contribution in [-0.2, 0) is 4.79 Å². The van der Waals surface area contributed by atoms with E-state index in [4.69, 9.17) is 0 Å². The maximum absolute atomic E-state index is 13.4. The van der Waals surface area contributed by atoms with Crippen LogP contribution in [0.25, 0.3) is 0 Å². The predicted octanol–water partition coefficient (Wildman–Crippen LogP) is 2.06. The van der Waals surface area contributed by atoms with Gasteiger partial charge in [-0.3, -0.25) is 4.79 Å². The molecule has 1 N–H and O–H groups in total. The number of hydrogen-bond acceptors (Lipinski definition) is 3. The smallest absolute Gasteiger partial charge is 0.252 e. The monoisotopic (exact) mass is 283 g/mol. The van der Waals surface area contributed by atoms with Crippen molar-refractivity contribution in [1.82, 2.24) is 4.90 Å². The lowest BCUT2D eigenvalue weighted by Crippen LogP contribution is -2.55. The Balaban J connectivity index is 2.44. The fraction of sp³-hybridized carbons (Fsp3) is 0.500. The van der Waals surface area contributed by atoms with E-state index in [0.717, 1.165) is 12.1 Å². The number of hydrogen-bond donors (Lipinski definition) is 1. The van der Waals surface area contributed by atoms with Crippen LogP contribution in [-0.4, -0.2) is 43.5 Å². The third-order valence-corrected chi connectivity index (χ3v) is 3.33. The maximum atomic E-state index is 13.4. The van der Waals surface area contributed by atoms with Gasteiger partial charge in [-0.2, -0.15) is 0 Å². The molecule has 0 radical (unpaired) electrons. The van der Waals surface area contributed by atoms with Gasteiger partial charge in [0.2, 0.25) is 0 Å². The second-order valence-electron chi connectivity index (χ2n) is 5.79. The summed E-state index contributed by atoms with van der Waals surface area (Å²) < 4.78 is 26.8. The van der Waals surface area contributed by atoms with Gasteiger partial charge in [-0.05, 0) is 27.9 Å².